The van der Waals surface area contributed by atoms with Crippen LogP contribution in [0.1, 0.15) is 27.2 Å². The lowest BCUT2D eigenvalue weighted by Crippen LogP contribution is -2.52. The number of para-hydroxylation sites is 2. The van der Waals surface area contributed by atoms with Gasteiger partial charge in [-0.2, -0.15) is 0 Å². The Kier molecular flexibility index (Phi) is 10.0. The molecule has 0 spiro atoms. The molecule has 0 radical (unpaired) electrons. The number of benzene rings is 1. The van der Waals surface area contributed by atoms with Crippen LogP contribution in [0.3, 0.4) is 0 Å². The van der Waals surface area contributed by atoms with Crippen LogP contribution in [0.15, 0.2) is 29.3 Å². The van der Waals surface area contributed by atoms with Gasteiger partial charge < -0.3 is 20.2 Å². The van der Waals surface area contributed by atoms with Crippen molar-refractivity contribution in [1.29, 1.82) is 0 Å². The minimum absolute atomic E-state index is 0. The van der Waals surface area contributed by atoms with Gasteiger partial charge in [0.25, 0.3) is 0 Å². The number of rotatable bonds is 7. The molecule has 166 valence electrons. The smallest absolute Gasteiger partial charge is 0.194 e. The highest BCUT2D eigenvalue weighted by molar-refractivity contribution is 14.0. The van der Waals surface area contributed by atoms with Gasteiger partial charge in [-0.05, 0) is 30.9 Å². The highest BCUT2D eigenvalue weighted by atomic mass is 127. The number of nitrogens with one attached hydrogen (secondary N) is 1. The van der Waals surface area contributed by atoms with E-state index in [1.54, 1.807) is 6.07 Å². The van der Waals surface area contributed by atoms with E-state index in [2.05, 4.69) is 29.0 Å². The maximum absolute atomic E-state index is 11.5. The van der Waals surface area contributed by atoms with E-state index in [9.17, 15) is 13.5 Å². The van der Waals surface area contributed by atoms with Gasteiger partial charge in [0.05, 0.1) is 11.4 Å². The second kappa shape index (κ2) is 11.2. The predicted molar refractivity (Wildman–Crippen MR) is 131 cm³/mol. The van der Waals surface area contributed by atoms with Crippen LogP contribution < -0.4 is 10.2 Å². The van der Waals surface area contributed by atoms with E-state index in [0.717, 1.165) is 44.4 Å². The molecule has 1 aliphatic heterocycles. The third-order valence-corrected chi connectivity index (χ3v) is 5.89. The zero-order valence-corrected chi connectivity index (χ0v) is 21.0. The van der Waals surface area contributed by atoms with Gasteiger partial charge in [0.2, 0.25) is 0 Å². The molecule has 1 aliphatic rings. The molecule has 1 saturated heterocycles. The van der Waals surface area contributed by atoms with Crippen LogP contribution in [0.2, 0.25) is 0 Å². The molecular weight excluding hydrogens is 503 g/mol. The number of halogens is 1. The maximum atomic E-state index is 11.5. The first-order valence-corrected chi connectivity index (χ1v) is 11.9. The first-order valence-electron chi connectivity index (χ1n) is 9.85. The van der Waals surface area contributed by atoms with E-state index in [-0.39, 0.29) is 35.1 Å². The minimum atomic E-state index is -2.96. The second-order valence-electron chi connectivity index (χ2n) is 8.18. The lowest BCUT2D eigenvalue weighted by molar-refractivity contribution is 0.347. The Labute approximate surface area is 192 Å². The highest BCUT2D eigenvalue weighted by Gasteiger charge is 2.24. The number of piperazine rings is 1. The van der Waals surface area contributed by atoms with Crippen molar-refractivity contribution in [2.75, 3.05) is 56.2 Å². The van der Waals surface area contributed by atoms with E-state index in [1.165, 1.54) is 6.26 Å². The third-order valence-electron chi connectivity index (χ3n) is 4.94. The zero-order valence-electron chi connectivity index (χ0n) is 17.9. The molecule has 0 amide bonds. The number of phenolic OH excluding ortho intramolecular Hbond substituents is 1. The van der Waals surface area contributed by atoms with Gasteiger partial charge in [-0.1, -0.05) is 26.0 Å². The first-order chi connectivity index (χ1) is 13.1. The van der Waals surface area contributed by atoms with Crippen molar-refractivity contribution in [3.63, 3.8) is 0 Å². The summed E-state index contributed by atoms with van der Waals surface area (Å²) in [7, 11) is -2.96. The molecular formula is C20H35IN4O3S. The van der Waals surface area contributed by atoms with Gasteiger partial charge >= 0.3 is 0 Å². The summed E-state index contributed by atoms with van der Waals surface area (Å²) < 4.78 is 22.9. The first kappa shape index (κ1) is 25.8. The number of sulfone groups is 1. The van der Waals surface area contributed by atoms with Gasteiger partial charge in [-0.3, -0.25) is 4.99 Å². The molecule has 0 unspecified atom stereocenters. The number of nitrogens with zero attached hydrogens (tertiary/aromatic N) is 3. The van der Waals surface area contributed by atoms with Gasteiger partial charge in [-0.25, -0.2) is 8.42 Å². The highest BCUT2D eigenvalue weighted by Crippen LogP contribution is 2.27. The van der Waals surface area contributed by atoms with Crippen molar-refractivity contribution in [2.45, 2.75) is 27.2 Å². The molecule has 0 aliphatic carbocycles. The fraction of sp³-hybridized carbons (Fsp3) is 0.650. The summed E-state index contributed by atoms with van der Waals surface area (Å²) in [5, 5.41) is 13.4. The van der Waals surface area contributed by atoms with E-state index in [4.69, 9.17) is 4.99 Å². The second-order valence-corrected chi connectivity index (χ2v) is 10.4. The normalized spacial score (nSPS) is 15.8. The SMILES string of the molecule is CCNC(=NCC(C)(C)CCS(C)(=O)=O)N1CCN(c2ccccc2O)CC1.I. The van der Waals surface area contributed by atoms with Crippen LogP contribution in [0, 0.1) is 5.41 Å². The number of anilines is 1. The van der Waals surface area contributed by atoms with E-state index in [1.807, 2.05) is 25.1 Å². The topological polar surface area (TPSA) is 85.2 Å². The molecule has 7 nitrogen and oxygen atoms in total. The molecule has 0 aromatic heterocycles. The van der Waals surface area contributed by atoms with Gasteiger partial charge in [0.15, 0.2) is 5.96 Å². The number of hydrogen-bond acceptors (Lipinski definition) is 5. The molecule has 0 bridgehead atoms. The number of aliphatic imine (C=N–C) groups is 1. The van der Waals surface area contributed by atoms with Gasteiger partial charge in [0, 0.05) is 45.5 Å². The number of guanidine groups is 1. The molecule has 9 heteroatoms. The number of aromatic hydroxyl groups is 1. The maximum Gasteiger partial charge on any atom is 0.194 e. The fourth-order valence-corrected chi connectivity index (χ4v) is 4.07. The molecule has 1 heterocycles. The standard InChI is InChI=1S/C20H34N4O3S.HI/c1-5-21-19(22-16-20(2,3)10-15-28(4,26)27)24-13-11-23(12-14-24)17-8-6-7-9-18(17)25;/h6-9,25H,5,10-16H2,1-4H3,(H,21,22);1H. The summed E-state index contributed by atoms with van der Waals surface area (Å²) in [6, 6.07) is 7.42. The Morgan fingerprint density at radius 3 is 2.38 bits per heavy atom. The summed E-state index contributed by atoms with van der Waals surface area (Å²) in [4.78, 5) is 9.21. The lowest BCUT2D eigenvalue weighted by atomic mass is 9.90. The predicted octanol–water partition coefficient (Wildman–Crippen LogP) is 2.56. The minimum Gasteiger partial charge on any atom is -0.506 e. The Balaban J connectivity index is 0.00000420. The number of phenols is 1. The van der Waals surface area contributed by atoms with Gasteiger partial charge in [0.1, 0.15) is 15.6 Å². The molecule has 1 fully saturated rings. The molecule has 2 rings (SSSR count). The monoisotopic (exact) mass is 538 g/mol. The average Bonchev–Trinajstić information content (AvgIpc) is 2.64. The van der Waals surface area contributed by atoms with E-state index >= 15 is 0 Å². The van der Waals surface area contributed by atoms with E-state index in [0.29, 0.717) is 18.7 Å². The molecule has 0 atom stereocenters. The molecule has 1 aromatic carbocycles. The summed E-state index contributed by atoms with van der Waals surface area (Å²) >= 11 is 0. The van der Waals surface area contributed by atoms with Crippen molar-refractivity contribution < 1.29 is 13.5 Å². The van der Waals surface area contributed by atoms with Crippen molar-refractivity contribution >= 4 is 45.5 Å². The average molecular weight is 538 g/mol. The summed E-state index contributed by atoms with van der Waals surface area (Å²) in [6.45, 7) is 10.7. The summed E-state index contributed by atoms with van der Waals surface area (Å²) in [5.41, 5.74) is 0.687. The van der Waals surface area contributed by atoms with E-state index < -0.39 is 9.84 Å². The van der Waals surface area contributed by atoms with Crippen molar-refractivity contribution in [3.05, 3.63) is 24.3 Å². The largest absolute Gasteiger partial charge is 0.506 e. The van der Waals surface area contributed by atoms with Gasteiger partial charge in [-0.15, -0.1) is 24.0 Å². The Morgan fingerprint density at radius 1 is 1.21 bits per heavy atom. The van der Waals surface area contributed by atoms with Crippen molar-refractivity contribution in [1.82, 2.24) is 10.2 Å². The Bertz CT molecular complexity index is 776. The van der Waals surface area contributed by atoms with Crippen LogP contribution >= 0.6 is 24.0 Å². The third kappa shape index (κ3) is 8.57. The van der Waals surface area contributed by atoms with Crippen LogP contribution in [-0.2, 0) is 9.84 Å². The fourth-order valence-electron chi connectivity index (χ4n) is 3.15. The lowest BCUT2D eigenvalue weighted by Gasteiger charge is -2.38. The Morgan fingerprint density at radius 2 is 1.83 bits per heavy atom. The summed E-state index contributed by atoms with van der Waals surface area (Å²) in [6.07, 6.45) is 1.87. The number of hydrogen-bond donors (Lipinski definition) is 2. The summed E-state index contributed by atoms with van der Waals surface area (Å²) in [5.74, 6) is 1.36. The van der Waals surface area contributed by atoms with Crippen molar-refractivity contribution in [2.24, 2.45) is 10.4 Å². The van der Waals surface area contributed by atoms with Crippen LogP contribution in [-0.4, -0.2) is 75.7 Å². The zero-order chi connectivity index (χ0) is 20.8. The quantitative estimate of drug-likeness (QED) is 0.316. The van der Waals surface area contributed by atoms with Crippen LogP contribution in [0.4, 0.5) is 5.69 Å². The molecule has 2 N–H and O–H groups in total. The van der Waals surface area contributed by atoms with Crippen molar-refractivity contribution in [3.8, 4) is 5.75 Å². The molecule has 0 saturated carbocycles. The molecule has 1 aromatic rings. The van der Waals surface area contributed by atoms with Crippen LogP contribution in [0.25, 0.3) is 0 Å². The Hall–Kier alpha value is -1.23. The van der Waals surface area contributed by atoms with Crippen LogP contribution in [0.5, 0.6) is 5.75 Å². The molecule has 29 heavy (non-hydrogen) atoms.